The van der Waals surface area contributed by atoms with E-state index in [1.54, 1.807) is 11.8 Å². The van der Waals surface area contributed by atoms with Crippen molar-refractivity contribution < 1.29 is 15.0 Å². The molecule has 2 N–H and O–H groups in total. The second kappa shape index (κ2) is 5.76. The fraction of sp³-hybridized carbons (Fsp3) is 0.500. The number of carboxylic acid groups (broad SMARTS) is 1. The van der Waals surface area contributed by atoms with Gasteiger partial charge >= 0.3 is 5.97 Å². The SMILES string of the molecule is O=C(O)Cc1ccc(SCC2(O)CCCC2)cc1. The van der Waals surface area contributed by atoms with Gasteiger partial charge in [-0.3, -0.25) is 4.79 Å². The molecule has 1 aliphatic carbocycles. The number of benzene rings is 1. The maximum atomic E-state index is 10.6. The van der Waals surface area contributed by atoms with E-state index < -0.39 is 11.6 Å². The van der Waals surface area contributed by atoms with Crippen LogP contribution in [0.4, 0.5) is 0 Å². The number of hydrogen-bond donors (Lipinski definition) is 2. The summed E-state index contributed by atoms with van der Waals surface area (Å²) in [6.07, 6.45) is 4.10. The van der Waals surface area contributed by atoms with E-state index in [0.717, 1.165) is 41.9 Å². The molecule has 1 fully saturated rings. The van der Waals surface area contributed by atoms with Crippen molar-refractivity contribution in [1.82, 2.24) is 0 Å². The van der Waals surface area contributed by atoms with Crippen LogP contribution in [0.3, 0.4) is 0 Å². The van der Waals surface area contributed by atoms with E-state index >= 15 is 0 Å². The van der Waals surface area contributed by atoms with Crippen molar-refractivity contribution in [3.8, 4) is 0 Å². The largest absolute Gasteiger partial charge is 0.481 e. The lowest BCUT2D eigenvalue weighted by Gasteiger charge is -2.21. The molecule has 0 aliphatic heterocycles. The quantitative estimate of drug-likeness (QED) is 0.805. The Labute approximate surface area is 111 Å². The molecule has 4 heteroatoms. The van der Waals surface area contributed by atoms with Crippen molar-refractivity contribution in [3.63, 3.8) is 0 Å². The predicted octanol–water partition coefficient (Wildman–Crippen LogP) is 2.71. The molecule has 1 aromatic carbocycles. The molecule has 0 amide bonds. The van der Waals surface area contributed by atoms with Gasteiger partial charge in [-0.05, 0) is 30.5 Å². The smallest absolute Gasteiger partial charge is 0.307 e. The molecule has 0 radical (unpaired) electrons. The fourth-order valence-corrected chi connectivity index (χ4v) is 3.33. The van der Waals surface area contributed by atoms with Crippen LogP contribution >= 0.6 is 11.8 Å². The van der Waals surface area contributed by atoms with Crippen molar-refractivity contribution >= 4 is 17.7 Å². The number of aliphatic hydroxyl groups is 1. The van der Waals surface area contributed by atoms with Crippen molar-refractivity contribution in [3.05, 3.63) is 29.8 Å². The first kappa shape index (κ1) is 13.4. The van der Waals surface area contributed by atoms with Gasteiger partial charge in [-0.25, -0.2) is 0 Å². The molecular formula is C14H18O3S. The van der Waals surface area contributed by atoms with Crippen LogP contribution in [0.2, 0.25) is 0 Å². The van der Waals surface area contributed by atoms with E-state index in [-0.39, 0.29) is 6.42 Å². The van der Waals surface area contributed by atoms with Crippen LogP contribution < -0.4 is 0 Å². The number of carboxylic acids is 1. The Morgan fingerprint density at radius 3 is 2.39 bits per heavy atom. The third-order valence-electron chi connectivity index (χ3n) is 3.32. The van der Waals surface area contributed by atoms with E-state index in [9.17, 15) is 9.90 Å². The van der Waals surface area contributed by atoms with Crippen LogP contribution in [0, 0.1) is 0 Å². The van der Waals surface area contributed by atoms with Gasteiger partial charge < -0.3 is 10.2 Å². The Kier molecular flexibility index (Phi) is 4.30. The summed E-state index contributed by atoms with van der Waals surface area (Å²) in [5.74, 6) is -0.0821. The summed E-state index contributed by atoms with van der Waals surface area (Å²) in [7, 11) is 0. The van der Waals surface area contributed by atoms with Gasteiger partial charge in [0.05, 0.1) is 12.0 Å². The highest BCUT2D eigenvalue weighted by molar-refractivity contribution is 7.99. The molecule has 0 aromatic heterocycles. The Balaban J connectivity index is 1.88. The average Bonchev–Trinajstić information content (AvgIpc) is 2.75. The van der Waals surface area contributed by atoms with Gasteiger partial charge in [-0.1, -0.05) is 25.0 Å². The van der Waals surface area contributed by atoms with Crippen molar-refractivity contribution in [2.45, 2.75) is 42.6 Å². The first-order valence-electron chi connectivity index (χ1n) is 6.23. The van der Waals surface area contributed by atoms with Gasteiger partial charge in [0.15, 0.2) is 0 Å². The van der Waals surface area contributed by atoms with Crippen LogP contribution in [-0.4, -0.2) is 27.5 Å². The van der Waals surface area contributed by atoms with Gasteiger partial charge in [0.2, 0.25) is 0 Å². The number of rotatable bonds is 5. The fourth-order valence-electron chi connectivity index (χ4n) is 2.27. The Morgan fingerprint density at radius 2 is 1.83 bits per heavy atom. The molecule has 0 heterocycles. The minimum absolute atomic E-state index is 0.0644. The van der Waals surface area contributed by atoms with E-state index in [1.807, 2.05) is 24.3 Å². The van der Waals surface area contributed by atoms with Gasteiger partial charge in [0.25, 0.3) is 0 Å². The lowest BCUT2D eigenvalue weighted by atomic mass is 10.1. The first-order valence-corrected chi connectivity index (χ1v) is 7.22. The average molecular weight is 266 g/mol. The number of carbonyl (C=O) groups is 1. The molecule has 1 aliphatic rings. The highest BCUT2D eigenvalue weighted by atomic mass is 32.2. The Morgan fingerprint density at radius 1 is 1.22 bits per heavy atom. The predicted molar refractivity (Wildman–Crippen MR) is 71.9 cm³/mol. The third-order valence-corrected chi connectivity index (χ3v) is 4.61. The summed E-state index contributed by atoms with van der Waals surface area (Å²) in [6, 6.07) is 7.55. The molecule has 0 atom stereocenters. The van der Waals surface area contributed by atoms with Crippen molar-refractivity contribution in [1.29, 1.82) is 0 Å². The molecular weight excluding hydrogens is 248 g/mol. The summed E-state index contributed by atoms with van der Waals surface area (Å²) in [4.78, 5) is 11.6. The zero-order valence-corrected chi connectivity index (χ0v) is 11.1. The number of aliphatic carboxylic acids is 1. The topological polar surface area (TPSA) is 57.5 Å². The van der Waals surface area contributed by atoms with E-state index in [2.05, 4.69) is 0 Å². The molecule has 18 heavy (non-hydrogen) atoms. The second-order valence-electron chi connectivity index (χ2n) is 4.93. The van der Waals surface area contributed by atoms with Gasteiger partial charge in [0.1, 0.15) is 0 Å². The lowest BCUT2D eigenvalue weighted by molar-refractivity contribution is -0.136. The normalized spacial score (nSPS) is 17.8. The van der Waals surface area contributed by atoms with Gasteiger partial charge in [-0.15, -0.1) is 11.8 Å². The van der Waals surface area contributed by atoms with Crippen LogP contribution in [0.1, 0.15) is 31.2 Å². The van der Waals surface area contributed by atoms with Gasteiger partial charge in [0, 0.05) is 10.6 Å². The monoisotopic (exact) mass is 266 g/mol. The maximum absolute atomic E-state index is 10.6. The van der Waals surface area contributed by atoms with Crippen LogP contribution in [0.15, 0.2) is 29.2 Å². The zero-order valence-electron chi connectivity index (χ0n) is 10.3. The lowest BCUT2D eigenvalue weighted by Crippen LogP contribution is -2.26. The highest BCUT2D eigenvalue weighted by Gasteiger charge is 2.30. The molecule has 98 valence electrons. The van der Waals surface area contributed by atoms with E-state index in [1.165, 1.54) is 0 Å². The maximum Gasteiger partial charge on any atom is 0.307 e. The molecule has 0 saturated heterocycles. The highest BCUT2D eigenvalue weighted by Crippen LogP contribution is 2.34. The summed E-state index contributed by atoms with van der Waals surface area (Å²) in [6.45, 7) is 0. The van der Waals surface area contributed by atoms with Crippen LogP contribution in [-0.2, 0) is 11.2 Å². The summed E-state index contributed by atoms with van der Waals surface area (Å²) >= 11 is 1.65. The molecule has 3 nitrogen and oxygen atoms in total. The molecule has 1 saturated carbocycles. The number of hydrogen-bond acceptors (Lipinski definition) is 3. The standard InChI is InChI=1S/C14H18O3S/c15-13(16)9-11-3-5-12(6-4-11)18-10-14(17)7-1-2-8-14/h3-6,17H,1-2,7-10H2,(H,15,16). The zero-order chi connectivity index (χ0) is 13.0. The minimum Gasteiger partial charge on any atom is -0.481 e. The van der Waals surface area contributed by atoms with Gasteiger partial charge in [-0.2, -0.15) is 0 Å². The minimum atomic E-state index is -0.810. The summed E-state index contributed by atoms with van der Waals surface area (Å²) in [5.41, 5.74) is 0.316. The van der Waals surface area contributed by atoms with Crippen molar-refractivity contribution in [2.24, 2.45) is 0 Å². The van der Waals surface area contributed by atoms with Crippen LogP contribution in [0.25, 0.3) is 0 Å². The van der Waals surface area contributed by atoms with Crippen molar-refractivity contribution in [2.75, 3.05) is 5.75 Å². The molecule has 0 spiro atoms. The Bertz CT molecular complexity index is 408. The number of thioether (sulfide) groups is 1. The van der Waals surface area contributed by atoms with E-state index in [0.29, 0.717) is 0 Å². The molecule has 1 aromatic rings. The summed E-state index contributed by atoms with van der Waals surface area (Å²) < 4.78 is 0. The van der Waals surface area contributed by atoms with Crippen LogP contribution in [0.5, 0.6) is 0 Å². The molecule has 2 rings (SSSR count). The molecule has 0 bridgehead atoms. The Hall–Kier alpha value is -1.00. The second-order valence-corrected chi connectivity index (χ2v) is 5.98. The third kappa shape index (κ3) is 3.75. The summed E-state index contributed by atoms with van der Waals surface area (Å²) in [5, 5.41) is 18.9. The molecule has 0 unspecified atom stereocenters. The first-order chi connectivity index (χ1) is 8.57. The van der Waals surface area contributed by atoms with E-state index in [4.69, 9.17) is 5.11 Å².